The van der Waals surface area contributed by atoms with Crippen LogP contribution in [0.1, 0.15) is 53.9 Å². The molecule has 0 aromatic heterocycles. The summed E-state index contributed by atoms with van der Waals surface area (Å²) in [4.78, 5) is 18.1. The second kappa shape index (κ2) is 16.1. The molecule has 5 aromatic rings. The van der Waals surface area contributed by atoms with Gasteiger partial charge in [-0.2, -0.15) is 0 Å². The van der Waals surface area contributed by atoms with Crippen LogP contribution in [-0.2, 0) is 37.4 Å². The molecule has 1 amide bonds. The Labute approximate surface area is 322 Å². The van der Waals surface area contributed by atoms with Crippen LogP contribution >= 0.6 is 0 Å². The maximum atomic E-state index is 13.3. The van der Waals surface area contributed by atoms with E-state index >= 15 is 0 Å². The first kappa shape index (κ1) is 37.1. The number of aliphatic hydroxyl groups excluding tert-OH is 1. The van der Waals surface area contributed by atoms with Crippen LogP contribution in [0, 0.1) is 0 Å². The zero-order valence-corrected chi connectivity index (χ0v) is 31.4. The van der Waals surface area contributed by atoms with Crippen LogP contribution in [0.25, 0.3) is 11.1 Å². The quantitative estimate of drug-likeness (QED) is 0.144. The minimum Gasteiger partial charge on any atom is -0.392 e. The van der Waals surface area contributed by atoms with E-state index in [0.29, 0.717) is 19.6 Å². The zero-order valence-electron chi connectivity index (χ0n) is 30.6. The summed E-state index contributed by atoms with van der Waals surface area (Å²) in [5, 5.41) is 12.7. The number of hydrogen-bond donors (Lipinski definition) is 3. The van der Waals surface area contributed by atoms with E-state index in [4.69, 9.17) is 9.47 Å². The maximum Gasteiger partial charge on any atom is 0.247 e. The van der Waals surface area contributed by atoms with Crippen LogP contribution in [0.4, 0.5) is 5.69 Å². The number of hydrogen-bond acceptors (Lipinski definition) is 8. The van der Waals surface area contributed by atoms with Crippen LogP contribution < -0.4 is 14.9 Å². The molecule has 3 atom stereocenters. The summed E-state index contributed by atoms with van der Waals surface area (Å²) in [5.74, 6) is 0.101. The third kappa shape index (κ3) is 7.95. The number of carbonyl (C=O) groups is 1. The Bertz CT molecular complexity index is 2180. The minimum absolute atomic E-state index is 0.0231. The zero-order chi connectivity index (χ0) is 37.8. The van der Waals surface area contributed by atoms with Crippen molar-refractivity contribution in [2.45, 2.75) is 61.3 Å². The number of aliphatic hydroxyl groups is 1. The van der Waals surface area contributed by atoms with Crippen molar-refractivity contribution in [3.63, 3.8) is 0 Å². The number of carbonyl (C=O) groups excluding carboxylic acids is 1. The van der Waals surface area contributed by atoms with Gasteiger partial charge in [-0.05, 0) is 64.9 Å². The smallest absolute Gasteiger partial charge is 0.247 e. The van der Waals surface area contributed by atoms with Crippen molar-refractivity contribution in [3.05, 3.63) is 156 Å². The highest BCUT2D eigenvalue weighted by molar-refractivity contribution is 7.89. The SMILES string of the molecule is O=C1NCN(c2ccccc2)C12CCN(C[C@H]1C[C@@H](c3ccc(CO)cc3)O[C@@H](c3ccc(-c4ccccc4CNS(=O)(=O)c4ccccc4)cc3)O1)CC2. The number of benzene rings is 5. The number of piperidine rings is 1. The average Bonchev–Trinajstić information content (AvgIpc) is 3.55. The van der Waals surface area contributed by atoms with E-state index in [1.807, 2.05) is 91.0 Å². The molecule has 3 fully saturated rings. The Morgan fingerprint density at radius 2 is 1.44 bits per heavy atom. The van der Waals surface area contributed by atoms with Crippen LogP contribution in [0.5, 0.6) is 0 Å². The number of rotatable bonds is 11. The van der Waals surface area contributed by atoms with Gasteiger partial charge in [-0.3, -0.25) is 4.79 Å². The van der Waals surface area contributed by atoms with Gasteiger partial charge >= 0.3 is 0 Å². The molecular formula is C44H46N4O6S. The second-order valence-electron chi connectivity index (χ2n) is 14.5. The maximum absolute atomic E-state index is 13.3. The number of anilines is 1. The van der Waals surface area contributed by atoms with E-state index in [9.17, 15) is 18.3 Å². The molecule has 0 radical (unpaired) electrons. The highest BCUT2D eigenvalue weighted by atomic mass is 32.2. The molecule has 284 valence electrons. The third-order valence-corrected chi connectivity index (χ3v) is 12.6. The fourth-order valence-electron chi connectivity index (χ4n) is 8.09. The first-order chi connectivity index (χ1) is 26.8. The van der Waals surface area contributed by atoms with Gasteiger partial charge in [0.15, 0.2) is 6.29 Å². The molecule has 0 unspecified atom stereocenters. The molecule has 3 aliphatic rings. The largest absolute Gasteiger partial charge is 0.392 e. The molecular weight excluding hydrogens is 713 g/mol. The molecule has 0 saturated carbocycles. The molecule has 11 heteroatoms. The topological polar surface area (TPSA) is 120 Å². The molecule has 5 aromatic carbocycles. The van der Waals surface area contributed by atoms with Gasteiger partial charge in [0.05, 0.1) is 30.4 Å². The predicted molar refractivity (Wildman–Crippen MR) is 211 cm³/mol. The Morgan fingerprint density at radius 3 is 2.15 bits per heavy atom. The molecule has 55 heavy (non-hydrogen) atoms. The summed E-state index contributed by atoms with van der Waals surface area (Å²) >= 11 is 0. The number of nitrogens with one attached hydrogen (secondary N) is 2. The molecule has 3 aliphatic heterocycles. The Morgan fingerprint density at radius 1 is 0.782 bits per heavy atom. The van der Waals surface area contributed by atoms with E-state index in [2.05, 4.69) is 32.0 Å². The van der Waals surface area contributed by atoms with Crippen LogP contribution in [-0.4, -0.2) is 62.3 Å². The highest BCUT2D eigenvalue weighted by Gasteiger charge is 2.50. The summed E-state index contributed by atoms with van der Waals surface area (Å²) in [6.45, 7) is 2.89. The monoisotopic (exact) mass is 758 g/mol. The Balaban J connectivity index is 0.981. The van der Waals surface area contributed by atoms with E-state index < -0.39 is 21.9 Å². The van der Waals surface area contributed by atoms with Crippen molar-refractivity contribution < 1.29 is 27.8 Å². The van der Waals surface area contributed by atoms with Crippen LogP contribution in [0.15, 0.2) is 138 Å². The van der Waals surface area contributed by atoms with Gasteiger partial charge in [0.1, 0.15) is 5.54 Å². The van der Waals surface area contributed by atoms with Crippen molar-refractivity contribution in [1.29, 1.82) is 0 Å². The summed E-state index contributed by atoms with van der Waals surface area (Å²) in [6, 6.07) is 42.3. The van der Waals surface area contributed by atoms with Crippen molar-refractivity contribution >= 4 is 21.6 Å². The van der Waals surface area contributed by atoms with Gasteiger partial charge in [-0.1, -0.05) is 109 Å². The molecule has 0 aliphatic carbocycles. The molecule has 3 heterocycles. The molecule has 10 nitrogen and oxygen atoms in total. The first-order valence-electron chi connectivity index (χ1n) is 18.9. The van der Waals surface area contributed by atoms with Crippen LogP contribution in [0.3, 0.4) is 0 Å². The lowest BCUT2D eigenvalue weighted by Gasteiger charge is -2.45. The normalized spacial score (nSPS) is 21.4. The molecule has 0 bridgehead atoms. The third-order valence-electron chi connectivity index (χ3n) is 11.2. The van der Waals surface area contributed by atoms with Crippen molar-refractivity contribution in [3.8, 4) is 11.1 Å². The number of amides is 1. The number of ether oxygens (including phenoxy) is 2. The fraction of sp³-hybridized carbons (Fsp3) is 0.295. The van der Waals surface area contributed by atoms with Crippen molar-refractivity contribution in [1.82, 2.24) is 14.9 Å². The fourth-order valence-corrected chi connectivity index (χ4v) is 9.12. The lowest BCUT2D eigenvalue weighted by molar-refractivity contribution is -0.253. The lowest BCUT2D eigenvalue weighted by Crippen LogP contribution is -2.57. The van der Waals surface area contributed by atoms with Gasteiger partial charge in [0.25, 0.3) is 0 Å². The Hall–Kier alpha value is -4.88. The summed E-state index contributed by atoms with van der Waals surface area (Å²) in [6.07, 6.45) is 1.15. The molecule has 8 rings (SSSR count). The number of sulfonamides is 1. The molecule has 3 saturated heterocycles. The van der Waals surface area contributed by atoms with E-state index in [1.165, 1.54) is 0 Å². The van der Waals surface area contributed by atoms with E-state index in [0.717, 1.165) is 65.0 Å². The lowest BCUT2D eigenvalue weighted by atomic mass is 9.85. The Kier molecular flexibility index (Phi) is 10.8. The minimum atomic E-state index is -3.67. The second-order valence-corrected chi connectivity index (χ2v) is 16.3. The van der Waals surface area contributed by atoms with Gasteiger partial charge in [0, 0.05) is 43.9 Å². The van der Waals surface area contributed by atoms with Crippen molar-refractivity contribution in [2.24, 2.45) is 0 Å². The van der Waals surface area contributed by atoms with Crippen molar-refractivity contribution in [2.75, 3.05) is 31.2 Å². The average molecular weight is 759 g/mol. The predicted octanol–water partition coefficient (Wildman–Crippen LogP) is 6.30. The van der Waals surface area contributed by atoms with Crippen LogP contribution in [0.2, 0.25) is 0 Å². The van der Waals surface area contributed by atoms with E-state index in [1.54, 1.807) is 30.3 Å². The highest BCUT2D eigenvalue weighted by Crippen LogP contribution is 2.40. The van der Waals surface area contributed by atoms with Gasteiger partial charge < -0.3 is 29.7 Å². The number of likely N-dealkylation sites (tertiary alicyclic amines) is 1. The summed E-state index contributed by atoms with van der Waals surface area (Å²) in [7, 11) is -3.67. The molecule has 3 N–H and O–H groups in total. The number of nitrogens with zero attached hydrogens (tertiary/aromatic N) is 2. The van der Waals surface area contributed by atoms with Gasteiger partial charge in [0.2, 0.25) is 15.9 Å². The summed E-state index contributed by atoms with van der Waals surface area (Å²) < 4.78 is 42.0. The standard InChI is InChI=1S/C44H46N4O6S/c49-30-32-15-17-34(18-16-32)41-27-38(29-47-25-23-44(24-26-47)43(50)45-31-48(44)37-10-3-1-4-11-37)53-42(54-41)35-21-19-33(20-22-35)40-14-8-7-9-36(40)28-46-55(51,52)39-12-5-2-6-13-39/h1-22,38,41-42,46,49H,23-31H2,(H,45,50)/t38-,41+,42+/m1/s1. The molecule has 1 spiro atoms. The van der Waals surface area contributed by atoms with E-state index in [-0.39, 0.29) is 36.2 Å². The first-order valence-corrected chi connectivity index (χ1v) is 20.4. The number of para-hydroxylation sites is 1. The van der Waals surface area contributed by atoms with Gasteiger partial charge in [-0.15, -0.1) is 0 Å². The summed E-state index contributed by atoms with van der Waals surface area (Å²) in [5.41, 5.74) is 5.99. The van der Waals surface area contributed by atoms with Gasteiger partial charge in [-0.25, -0.2) is 13.1 Å².